The molecule has 2 aliphatic rings. The zero-order valence-electron chi connectivity index (χ0n) is 14.8. The molecule has 0 heterocycles. The van der Waals surface area contributed by atoms with E-state index in [9.17, 15) is 0 Å². The van der Waals surface area contributed by atoms with Crippen molar-refractivity contribution < 1.29 is 0 Å². The maximum Gasteiger partial charge on any atom is 0.0364 e. The predicted molar refractivity (Wildman–Crippen MR) is 100 cm³/mol. The largest absolute Gasteiger partial charge is 0.315 e. The molecule has 0 amide bonds. The van der Waals surface area contributed by atoms with Crippen molar-refractivity contribution in [1.29, 1.82) is 0 Å². The van der Waals surface area contributed by atoms with Crippen LogP contribution in [0, 0.1) is 0 Å². The molecule has 0 radical (unpaired) electrons. The fraction of sp³-hybridized carbons (Fsp3) is 0.429. The van der Waals surface area contributed by atoms with Gasteiger partial charge in [0.25, 0.3) is 0 Å². The summed E-state index contributed by atoms with van der Waals surface area (Å²) in [5, 5.41) is 10.5. The Labute approximate surface area is 144 Å². The lowest BCUT2D eigenvalue weighted by molar-refractivity contribution is 0.382. The molecule has 0 aromatic heterocycles. The Morgan fingerprint density at radius 2 is 1.46 bits per heavy atom. The van der Waals surface area contributed by atoms with E-state index in [0.29, 0.717) is 18.1 Å². The van der Waals surface area contributed by atoms with Crippen molar-refractivity contribution >= 4 is 0 Å². The number of hydrogen-bond donors (Lipinski definition) is 3. The molecule has 3 unspecified atom stereocenters. The van der Waals surface area contributed by atoms with Crippen LogP contribution in [0.25, 0.3) is 11.1 Å². The molecule has 0 spiro atoms. The molecule has 0 bridgehead atoms. The van der Waals surface area contributed by atoms with E-state index >= 15 is 0 Å². The van der Waals surface area contributed by atoms with Crippen LogP contribution in [0.3, 0.4) is 0 Å². The first-order valence-corrected chi connectivity index (χ1v) is 9.01. The number of likely N-dealkylation sites (N-methyl/N-ethyl adjacent to an activating group) is 3. The Hall–Kier alpha value is -1.68. The molecule has 3 heteroatoms. The topological polar surface area (TPSA) is 36.1 Å². The van der Waals surface area contributed by atoms with Gasteiger partial charge < -0.3 is 16.0 Å². The molecule has 0 saturated heterocycles. The quantitative estimate of drug-likeness (QED) is 0.813. The Morgan fingerprint density at radius 1 is 0.708 bits per heavy atom. The van der Waals surface area contributed by atoms with Crippen LogP contribution in [0.2, 0.25) is 0 Å². The minimum absolute atomic E-state index is 0.412. The molecule has 0 fully saturated rings. The molecule has 2 aliphatic carbocycles. The minimum Gasteiger partial charge on any atom is -0.315 e. The van der Waals surface area contributed by atoms with E-state index in [0.717, 1.165) is 19.3 Å². The van der Waals surface area contributed by atoms with Gasteiger partial charge in [0.15, 0.2) is 0 Å². The minimum atomic E-state index is 0.412. The summed E-state index contributed by atoms with van der Waals surface area (Å²) >= 11 is 0. The fourth-order valence-electron chi connectivity index (χ4n) is 4.64. The molecule has 4 rings (SSSR count). The molecule has 3 nitrogen and oxygen atoms in total. The molecular weight excluding hydrogens is 294 g/mol. The fourth-order valence-corrected chi connectivity index (χ4v) is 4.64. The first-order chi connectivity index (χ1) is 11.8. The molecule has 2 aromatic carbocycles. The van der Waals surface area contributed by atoms with Crippen molar-refractivity contribution in [3.8, 4) is 11.1 Å². The van der Waals surface area contributed by atoms with Gasteiger partial charge in [-0.25, -0.2) is 0 Å². The van der Waals surface area contributed by atoms with Crippen molar-refractivity contribution in [3.63, 3.8) is 0 Å². The van der Waals surface area contributed by atoms with Crippen molar-refractivity contribution in [2.45, 2.75) is 37.4 Å². The van der Waals surface area contributed by atoms with Crippen LogP contribution < -0.4 is 16.0 Å². The smallest absolute Gasteiger partial charge is 0.0364 e. The standard InChI is InChI=1S/C21H27N3/c1-22-19-12-18-15(14-6-4-5-7-16(14)19)9-8-13-10-20(23-2)21(24-3)11-17(13)18/h4-9,19-24H,10-12H2,1-3H3. The molecule has 2 aromatic rings. The number of nitrogens with one attached hydrogen (secondary N) is 3. The van der Waals surface area contributed by atoms with Gasteiger partial charge >= 0.3 is 0 Å². The first-order valence-electron chi connectivity index (χ1n) is 9.01. The third kappa shape index (κ3) is 2.39. The van der Waals surface area contributed by atoms with Crippen molar-refractivity contribution in [2.75, 3.05) is 21.1 Å². The second kappa shape index (κ2) is 6.32. The molecule has 3 N–H and O–H groups in total. The van der Waals surface area contributed by atoms with E-state index in [1.54, 1.807) is 11.1 Å². The molecule has 0 saturated carbocycles. The van der Waals surface area contributed by atoms with Gasteiger partial charge in [-0.3, -0.25) is 0 Å². The van der Waals surface area contributed by atoms with Gasteiger partial charge in [0.1, 0.15) is 0 Å². The SMILES string of the molecule is CNC1Cc2c(ccc3c2CC(NC)C(NC)C3)-c2ccccc21. The summed E-state index contributed by atoms with van der Waals surface area (Å²) in [7, 11) is 6.24. The second-order valence-corrected chi connectivity index (χ2v) is 7.06. The molecule has 24 heavy (non-hydrogen) atoms. The highest BCUT2D eigenvalue weighted by molar-refractivity contribution is 5.76. The van der Waals surface area contributed by atoms with Gasteiger partial charge in [-0.1, -0.05) is 36.4 Å². The lowest BCUT2D eigenvalue weighted by atomic mass is 9.74. The van der Waals surface area contributed by atoms with E-state index in [1.165, 1.54) is 22.3 Å². The Balaban J connectivity index is 1.85. The van der Waals surface area contributed by atoms with E-state index < -0.39 is 0 Å². The molecule has 3 atom stereocenters. The van der Waals surface area contributed by atoms with Crippen molar-refractivity contribution in [2.24, 2.45) is 0 Å². The normalized spacial score (nSPS) is 24.9. The Morgan fingerprint density at radius 3 is 2.21 bits per heavy atom. The number of hydrogen-bond acceptors (Lipinski definition) is 3. The zero-order chi connectivity index (χ0) is 16.7. The van der Waals surface area contributed by atoms with Crippen molar-refractivity contribution in [1.82, 2.24) is 16.0 Å². The average Bonchev–Trinajstić information content (AvgIpc) is 2.65. The number of rotatable bonds is 3. The highest BCUT2D eigenvalue weighted by Crippen LogP contribution is 2.42. The third-order valence-electron chi connectivity index (χ3n) is 6.00. The lowest BCUT2D eigenvalue weighted by Crippen LogP contribution is -2.50. The summed E-state index contributed by atoms with van der Waals surface area (Å²) in [6.45, 7) is 0. The maximum absolute atomic E-state index is 3.52. The van der Waals surface area contributed by atoms with Gasteiger partial charge in [0.2, 0.25) is 0 Å². The predicted octanol–water partition coefficient (Wildman–Crippen LogP) is 2.44. The first kappa shape index (κ1) is 15.8. The van der Waals surface area contributed by atoms with Crippen LogP contribution in [0.5, 0.6) is 0 Å². The molecular formula is C21H27N3. The highest BCUT2D eigenvalue weighted by atomic mass is 15.0. The monoisotopic (exact) mass is 321 g/mol. The van der Waals surface area contributed by atoms with Gasteiger partial charge in [0.05, 0.1) is 0 Å². The van der Waals surface area contributed by atoms with E-state index in [-0.39, 0.29) is 0 Å². The van der Waals surface area contributed by atoms with Gasteiger partial charge in [-0.05, 0) is 73.8 Å². The van der Waals surface area contributed by atoms with Gasteiger partial charge in [-0.2, -0.15) is 0 Å². The Kier molecular flexibility index (Phi) is 4.17. The average molecular weight is 321 g/mol. The van der Waals surface area contributed by atoms with E-state index in [2.05, 4.69) is 73.5 Å². The zero-order valence-corrected chi connectivity index (χ0v) is 14.8. The van der Waals surface area contributed by atoms with Crippen molar-refractivity contribution in [3.05, 3.63) is 58.7 Å². The van der Waals surface area contributed by atoms with Crippen LogP contribution in [0.4, 0.5) is 0 Å². The third-order valence-corrected chi connectivity index (χ3v) is 6.00. The molecule has 126 valence electrons. The van der Waals surface area contributed by atoms with E-state index in [1.807, 2.05) is 0 Å². The summed E-state index contributed by atoms with van der Waals surface area (Å²) in [5.41, 5.74) is 8.93. The van der Waals surface area contributed by atoms with Gasteiger partial charge in [0, 0.05) is 18.1 Å². The lowest BCUT2D eigenvalue weighted by Gasteiger charge is -2.37. The number of fused-ring (bicyclic) bond motifs is 5. The van der Waals surface area contributed by atoms with Crippen LogP contribution in [0.15, 0.2) is 36.4 Å². The summed E-state index contributed by atoms with van der Waals surface area (Å²) in [6.07, 6.45) is 3.31. The second-order valence-electron chi connectivity index (χ2n) is 7.06. The summed E-state index contributed by atoms with van der Waals surface area (Å²) < 4.78 is 0. The van der Waals surface area contributed by atoms with Crippen LogP contribution in [0.1, 0.15) is 28.3 Å². The summed E-state index contributed by atoms with van der Waals surface area (Å²) in [6, 6.07) is 15.0. The highest BCUT2D eigenvalue weighted by Gasteiger charge is 2.32. The summed E-state index contributed by atoms with van der Waals surface area (Å²) in [5.74, 6) is 0. The van der Waals surface area contributed by atoms with Gasteiger partial charge in [-0.15, -0.1) is 0 Å². The summed E-state index contributed by atoms with van der Waals surface area (Å²) in [4.78, 5) is 0. The maximum atomic E-state index is 3.52. The van der Waals surface area contributed by atoms with Crippen LogP contribution >= 0.6 is 0 Å². The molecule has 0 aliphatic heterocycles. The number of benzene rings is 2. The van der Waals surface area contributed by atoms with Crippen LogP contribution in [-0.2, 0) is 19.3 Å². The Bertz CT molecular complexity index is 753. The van der Waals surface area contributed by atoms with E-state index in [4.69, 9.17) is 0 Å². The van der Waals surface area contributed by atoms with Crippen LogP contribution in [-0.4, -0.2) is 33.2 Å².